The summed E-state index contributed by atoms with van der Waals surface area (Å²) in [5.41, 5.74) is 1.31. The molecule has 0 spiro atoms. The van der Waals surface area contributed by atoms with E-state index in [1.807, 2.05) is 31.2 Å². The van der Waals surface area contributed by atoms with Crippen molar-refractivity contribution < 1.29 is 22.7 Å². The van der Waals surface area contributed by atoms with Gasteiger partial charge in [-0.05, 0) is 61.7 Å². The minimum Gasteiger partial charge on any atom is -0.497 e. The zero-order valence-corrected chi connectivity index (χ0v) is 22.9. The fraction of sp³-hybridized carbons (Fsp3) is 0.462. The summed E-state index contributed by atoms with van der Waals surface area (Å²) in [6.07, 6.45) is 3.30. The standard InChI is InChI=1S/C26H36ClN3O5S/c1-5-6-16-28-26(32)20(2)29(19-21-9-7-10-24(18-21)35-3)25(31)11-8-17-30(36(4,33)34)23-14-12-22(27)13-15-23/h7,9-10,12-15,18,20H,5-6,8,11,16-17,19H2,1-4H3,(H,28,32)/t20-/m1/s1. The molecule has 0 aliphatic carbocycles. The van der Waals surface area contributed by atoms with E-state index in [-0.39, 0.29) is 37.7 Å². The van der Waals surface area contributed by atoms with Crippen molar-refractivity contribution in [1.29, 1.82) is 0 Å². The molecule has 36 heavy (non-hydrogen) atoms. The smallest absolute Gasteiger partial charge is 0.242 e. The maximum absolute atomic E-state index is 13.3. The molecule has 10 heteroatoms. The van der Waals surface area contributed by atoms with E-state index in [2.05, 4.69) is 5.32 Å². The Morgan fingerprint density at radius 3 is 2.42 bits per heavy atom. The number of methoxy groups -OCH3 is 1. The SMILES string of the molecule is CCCCNC(=O)[C@@H](C)N(Cc1cccc(OC)c1)C(=O)CCCN(c1ccc(Cl)cc1)S(C)(=O)=O. The van der Waals surface area contributed by atoms with Gasteiger partial charge in [-0.2, -0.15) is 0 Å². The van der Waals surface area contributed by atoms with Gasteiger partial charge in [0.25, 0.3) is 0 Å². The van der Waals surface area contributed by atoms with Crippen molar-refractivity contribution in [3.63, 3.8) is 0 Å². The van der Waals surface area contributed by atoms with Crippen LogP contribution in [0, 0.1) is 0 Å². The van der Waals surface area contributed by atoms with Crippen LogP contribution >= 0.6 is 11.6 Å². The Hall–Kier alpha value is -2.78. The summed E-state index contributed by atoms with van der Waals surface area (Å²) in [4.78, 5) is 27.6. The molecule has 2 amide bonds. The second kappa shape index (κ2) is 14.1. The number of rotatable bonds is 14. The number of amides is 2. The Bertz CT molecular complexity index is 1110. The second-order valence-corrected chi connectivity index (χ2v) is 11.0. The highest BCUT2D eigenvalue weighted by Crippen LogP contribution is 2.22. The van der Waals surface area contributed by atoms with Gasteiger partial charge in [0.2, 0.25) is 21.8 Å². The van der Waals surface area contributed by atoms with Crippen molar-refractivity contribution >= 4 is 39.1 Å². The monoisotopic (exact) mass is 537 g/mol. The molecule has 0 unspecified atom stereocenters. The van der Waals surface area contributed by atoms with Crippen LogP contribution in [0.25, 0.3) is 0 Å². The number of hydrogen-bond donors (Lipinski definition) is 1. The van der Waals surface area contributed by atoms with E-state index in [9.17, 15) is 18.0 Å². The predicted molar refractivity (Wildman–Crippen MR) is 144 cm³/mol. The summed E-state index contributed by atoms with van der Waals surface area (Å²) in [5, 5.41) is 3.39. The minimum atomic E-state index is -3.56. The maximum atomic E-state index is 13.3. The van der Waals surface area contributed by atoms with Gasteiger partial charge >= 0.3 is 0 Å². The summed E-state index contributed by atoms with van der Waals surface area (Å²) in [7, 11) is -1.99. The van der Waals surface area contributed by atoms with E-state index < -0.39 is 16.1 Å². The number of carbonyl (C=O) groups excluding carboxylic acids is 2. The number of halogens is 1. The van der Waals surface area contributed by atoms with Crippen molar-refractivity contribution in [2.75, 3.05) is 30.8 Å². The molecule has 0 saturated heterocycles. The molecule has 0 aromatic heterocycles. The lowest BCUT2D eigenvalue weighted by Gasteiger charge is -2.29. The summed E-state index contributed by atoms with van der Waals surface area (Å²) in [5.74, 6) is 0.200. The van der Waals surface area contributed by atoms with Crippen LogP contribution in [0.3, 0.4) is 0 Å². The van der Waals surface area contributed by atoms with E-state index in [0.29, 0.717) is 23.0 Å². The fourth-order valence-corrected chi connectivity index (χ4v) is 4.79. The first-order valence-electron chi connectivity index (χ1n) is 12.0. The lowest BCUT2D eigenvalue weighted by molar-refractivity contribution is -0.140. The third kappa shape index (κ3) is 9.02. The van der Waals surface area contributed by atoms with Gasteiger partial charge in [-0.1, -0.05) is 37.1 Å². The van der Waals surface area contributed by atoms with Gasteiger partial charge in [0.1, 0.15) is 11.8 Å². The predicted octanol–water partition coefficient (Wildman–Crippen LogP) is 4.23. The number of ether oxygens (including phenoxy) is 1. The number of benzene rings is 2. The zero-order valence-electron chi connectivity index (χ0n) is 21.4. The van der Waals surface area contributed by atoms with E-state index in [0.717, 1.165) is 24.7 Å². The molecule has 2 aromatic carbocycles. The van der Waals surface area contributed by atoms with Crippen LogP contribution in [0.15, 0.2) is 48.5 Å². The van der Waals surface area contributed by atoms with Crippen LogP contribution < -0.4 is 14.4 Å². The molecule has 2 aromatic rings. The highest BCUT2D eigenvalue weighted by Gasteiger charge is 2.26. The van der Waals surface area contributed by atoms with Crippen LogP contribution in [0.4, 0.5) is 5.69 Å². The highest BCUT2D eigenvalue weighted by molar-refractivity contribution is 7.92. The van der Waals surface area contributed by atoms with Gasteiger partial charge in [-0.25, -0.2) is 8.42 Å². The van der Waals surface area contributed by atoms with Gasteiger partial charge in [-0.15, -0.1) is 0 Å². The molecule has 0 saturated carbocycles. The molecular formula is C26H36ClN3O5S. The number of nitrogens with one attached hydrogen (secondary N) is 1. The highest BCUT2D eigenvalue weighted by atomic mass is 35.5. The molecule has 0 heterocycles. The first-order valence-corrected chi connectivity index (χ1v) is 14.2. The van der Waals surface area contributed by atoms with Crippen LogP contribution in [0.1, 0.15) is 45.1 Å². The summed E-state index contributed by atoms with van der Waals surface area (Å²) in [6, 6.07) is 13.1. The number of carbonyl (C=O) groups is 2. The van der Waals surface area contributed by atoms with Crippen molar-refractivity contribution in [3.8, 4) is 5.75 Å². The number of unbranched alkanes of at least 4 members (excludes halogenated alkanes) is 1. The summed E-state index contributed by atoms with van der Waals surface area (Å²) < 4.78 is 31.3. The van der Waals surface area contributed by atoms with Gasteiger partial charge in [-0.3, -0.25) is 13.9 Å². The number of nitrogens with zero attached hydrogens (tertiary/aromatic N) is 2. The maximum Gasteiger partial charge on any atom is 0.242 e. The van der Waals surface area contributed by atoms with Crippen molar-refractivity contribution in [1.82, 2.24) is 10.2 Å². The molecule has 0 fully saturated rings. The normalized spacial score (nSPS) is 12.0. The van der Waals surface area contributed by atoms with Crippen molar-refractivity contribution in [2.45, 2.75) is 52.1 Å². The summed E-state index contributed by atoms with van der Waals surface area (Å²) >= 11 is 5.93. The first kappa shape index (κ1) is 29.5. The number of sulfonamides is 1. The topological polar surface area (TPSA) is 96.0 Å². The lowest BCUT2D eigenvalue weighted by Crippen LogP contribution is -2.48. The van der Waals surface area contributed by atoms with Crippen LogP contribution in [0.2, 0.25) is 5.02 Å². The Labute approximate surface area is 219 Å². The van der Waals surface area contributed by atoms with Crippen LogP contribution in [0.5, 0.6) is 5.75 Å². The Morgan fingerprint density at radius 1 is 1.11 bits per heavy atom. The molecule has 0 aliphatic heterocycles. The van der Waals surface area contributed by atoms with Gasteiger partial charge < -0.3 is 15.0 Å². The fourth-order valence-electron chi connectivity index (χ4n) is 3.70. The van der Waals surface area contributed by atoms with E-state index in [1.165, 1.54) is 9.21 Å². The second-order valence-electron chi connectivity index (χ2n) is 8.61. The zero-order chi connectivity index (χ0) is 26.7. The third-order valence-electron chi connectivity index (χ3n) is 5.75. The Morgan fingerprint density at radius 2 is 1.81 bits per heavy atom. The quantitative estimate of drug-likeness (QED) is 0.364. The molecule has 198 valence electrons. The molecular weight excluding hydrogens is 502 g/mol. The van der Waals surface area contributed by atoms with E-state index >= 15 is 0 Å². The van der Waals surface area contributed by atoms with Crippen LogP contribution in [-0.4, -0.2) is 57.6 Å². The molecule has 1 N–H and O–H groups in total. The molecule has 0 aliphatic rings. The third-order valence-corrected chi connectivity index (χ3v) is 7.20. The average Bonchev–Trinajstić information content (AvgIpc) is 2.85. The van der Waals surface area contributed by atoms with Crippen molar-refractivity contribution in [2.24, 2.45) is 0 Å². The molecule has 0 bridgehead atoms. The minimum absolute atomic E-state index is 0.0795. The Kier molecular flexibility index (Phi) is 11.5. The first-order chi connectivity index (χ1) is 17.1. The van der Waals surface area contributed by atoms with Gasteiger partial charge in [0.15, 0.2) is 0 Å². The summed E-state index contributed by atoms with van der Waals surface area (Å²) in [6.45, 7) is 4.64. The van der Waals surface area contributed by atoms with Gasteiger partial charge in [0, 0.05) is 31.1 Å². The van der Waals surface area contributed by atoms with Crippen molar-refractivity contribution in [3.05, 3.63) is 59.1 Å². The average molecular weight is 538 g/mol. The molecule has 8 nitrogen and oxygen atoms in total. The molecule has 0 radical (unpaired) electrons. The number of anilines is 1. The van der Waals surface area contributed by atoms with E-state index in [4.69, 9.17) is 16.3 Å². The molecule has 2 rings (SSSR count). The van der Waals surface area contributed by atoms with Gasteiger partial charge in [0.05, 0.1) is 19.1 Å². The number of hydrogen-bond acceptors (Lipinski definition) is 5. The lowest BCUT2D eigenvalue weighted by atomic mass is 10.1. The molecule has 1 atom stereocenters. The van der Waals surface area contributed by atoms with E-state index in [1.54, 1.807) is 38.3 Å². The largest absolute Gasteiger partial charge is 0.497 e. The van der Waals surface area contributed by atoms with Crippen LogP contribution in [-0.2, 0) is 26.2 Å². The Balaban J connectivity index is 2.16.